The summed E-state index contributed by atoms with van der Waals surface area (Å²) in [5.74, 6) is 0.771. The monoisotopic (exact) mass is 252 g/mol. The number of halogens is 1. The molecule has 0 aliphatic heterocycles. The van der Waals surface area contributed by atoms with Crippen molar-refractivity contribution in [3.05, 3.63) is 29.0 Å². The number of rotatable bonds is 4. The molecule has 1 aliphatic carbocycles. The molecule has 1 N–H and O–H groups in total. The first kappa shape index (κ1) is 12.8. The van der Waals surface area contributed by atoms with Crippen molar-refractivity contribution in [1.82, 2.24) is 10.3 Å². The van der Waals surface area contributed by atoms with E-state index in [0.717, 1.165) is 23.9 Å². The molecule has 2 unspecified atom stereocenters. The summed E-state index contributed by atoms with van der Waals surface area (Å²) in [6.45, 7) is 3.26. The molecule has 0 bridgehead atoms. The minimum absolute atomic E-state index is 0.708. The average Bonchev–Trinajstić information content (AvgIpc) is 2.33. The molecule has 0 spiro atoms. The van der Waals surface area contributed by atoms with Crippen molar-refractivity contribution in [2.24, 2.45) is 5.92 Å². The molecule has 1 fully saturated rings. The van der Waals surface area contributed by atoms with Crippen molar-refractivity contribution in [1.29, 1.82) is 0 Å². The molecular weight excluding hydrogens is 232 g/mol. The lowest BCUT2D eigenvalue weighted by molar-refractivity contribution is 0.287. The van der Waals surface area contributed by atoms with Gasteiger partial charge in [-0.2, -0.15) is 0 Å². The van der Waals surface area contributed by atoms with Crippen LogP contribution < -0.4 is 5.32 Å². The second-order valence-corrected chi connectivity index (χ2v) is 5.37. The Balaban J connectivity index is 1.92. The summed E-state index contributed by atoms with van der Waals surface area (Å²) in [5, 5.41) is 4.39. The first-order chi connectivity index (χ1) is 8.29. The van der Waals surface area contributed by atoms with Crippen LogP contribution in [-0.2, 0) is 6.42 Å². The highest BCUT2D eigenvalue weighted by atomic mass is 35.5. The van der Waals surface area contributed by atoms with Crippen LogP contribution in [0.15, 0.2) is 18.5 Å². The van der Waals surface area contributed by atoms with E-state index >= 15 is 0 Å². The van der Waals surface area contributed by atoms with Crippen LogP contribution in [0.2, 0.25) is 5.02 Å². The van der Waals surface area contributed by atoms with Crippen LogP contribution in [0.25, 0.3) is 0 Å². The molecule has 2 nitrogen and oxygen atoms in total. The average molecular weight is 253 g/mol. The second kappa shape index (κ2) is 6.36. The van der Waals surface area contributed by atoms with Gasteiger partial charge in [0, 0.05) is 18.4 Å². The van der Waals surface area contributed by atoms with Crippen molar-refractivity contribution >= 4 is 11.6 Å². The lowest BCUT2D eigenvalue weighted by Crippen LogP contribution is -2.34. The third-order valence-electron chi connectivity index (χ3n) is 3.64. The number of hydrogen-bond donors (Lipinski definition) is 1. The molecule has 3 heteroatoms. The molecule has 0 radical (unpaired) electrons. The maximum Gasteiger partial charge on any atom is 0.0621 e. The summed E-state index contributed by atoms with van der Waals surface area (Å²) in [4.78, 5) is 4.04. The van der Waals surface area contributed by atoms with E-state index in [1.54, 1.807) is 6.20 Å². The zero-order chi connectivity index (χ0) is 12.1. The highest BCUT2D eigenvalue weighted by Gasteiger charge is 2.21. The summed E-state index contributed by atoms with van der Waals surface area (Å²) in [7, 11) is 0. The molecule has 17 heavy (non-hydrogen) atoms. The van der Waals surface area contributed by atoms with E-state index in [1.165, 1.54) is 31.2 Å². The van der Waals surface area contributed by atoms with Crippen LogP contribution in [-0.4, -0.2) is 17.6 Å². The Labute approximate surface area is 109 Å². The molecule has 0 saturated heterocycles. The lowest BCUT2D eigenvalue weighted by atomic mass is 9.82. The zero-order valence-electron chi connectivity index (χ0n) is 10.5. The van der Waals surface area contributed by atoms with Crippen molar-refractivity contribution in [2.75, 3.05) is 6.54 Å². The maximum absolute atomic E-state index is 6.16. The topological polar surface area (TPSA) is 24.9 Å². The van der Waals surface area contributed by atoms with Crippen LogP contribution in [0, 0.1) is 5.92 Å². The molecule has 0 aromatic carbocycles. The van der Waals surface area contributed by atoms with Gasteiger partial charge in [-0.1, -0.05) is 31.4 Å². The van der Waals surface area contributed by atoms with Gasteiger partial charge in [0.25, 0.3) is 0 Å². The number of hydrogen-bond acceptors (Lipinski definition) is 2. The highest BCUT2D eigenvalue weighted by molar-refractivity contribution is 6.31. The molecule has 2 rings (SSSR count). The fourth-order valence-electron chi connectivity index (χ4n) is 2.83. The summed E-state index contributed by atoms with van der Waals surface area (Å²) >= 11 is 6.16. The summed E-state index contributed by atoms with van der Waals surface area (Å²) in [5.41, 5.74) is 1.25. The standard InChI is InChI=1S/C14H21ClN2/c1-2-17-13-5-3-4-11(9-13)8-12-6-7-16-10-14(12)15/h6-7,10-11,13,17H,2-5,8-9H2,1H3. The largest absolute Gasteiger partial charge is 0.314 e. The van der Waals surface area contributed by atoms with Gasteiger partial charge in [-0.05, 0) is 43.4 Å². The van der Waals surface area contributed by atoms with E-state index in [1.807, 2.05) is 6.20 Å². The molecule has 1 aromatic rings. The minimum Gasteiger partial charge on any atom is -0.314 e. The SMILES string of the molecule is CCNC1CCCC(Cc2ccncc2Cl)C1. The van der Waals surface area contributed by atoms with Crippen molar-refractivity contribution in [2.45, 2.75) is 45.1 Å². The van der Waals surface area contributed by atoms with Crippen LogP contribution in [0.5, 0.6) is 0 Å². The summed E-state index contributed by atoms with van der Waals surface area (Å²) in [6, 6.07) is 2.76. The molecule has 1 heterocycles. The highest BCUT2D eigenvalue weighted by Crippen LogP contribution is 2.29. The Hall–Kier alpha value is -0.600. The Morgan fingerprint density at radius 3 is 3.12 bits per heavy atom. The molecule has 1 aliphatic rings. The third kappa shape index (κ3) is 3.68. The number of pyridine rings is 1. The molecule has 1 saturated carbocycles. The first-order valence-electron chi connectivity index (χ1n) is 6.61. The Morgan fingerprint density at radius 1 is 1.47 bits per heavy atom. The maximum atomic E-state index is 6.16. The van der Waals surface area contributed by atoms with E-state index in [9.17, 15) is 0 Å². The summed E-state index contributed by atoms with van der Waals surface area (Å²) < 4.78 is 0. The number of nitrogens with one attached hydrogen (secondary N) is 1. The van der Waals surface area contributed by atoms with Crippen molar-refractivity contribution in [3.8, 4) is 0 Å². The molecule has 1 aromatic heterocycles. The molecule has 94 valence electrons. The van der Waals surface area contributed by atoms with Gasteiger partial charge in [-0.15, -0.1) is 0 Å². The van der Waals surface area contributed by atoms with E-state index in [2.05, 4.69) is 23.3 Å². The van der Waals surface area contributed by atoms with Gasteiger partial charge < -0.3 is 5.32 Å². The van der Waals surface area contributed by atoms with E-state index < -0.39 is 0 Å². The fraction of sp³-hybridized carbons (Fsp3) is 0.643. The number of nitrogens with zero attached hydrogens (tertiary/aromatic N) is 1. The van der Waals surface area contributed by atoms with Gasteiger partial charge in [-0.25, -0.2) is 0 Å². The smallest absolute Gasteiger partial charge is 0.0621 e. The van der Waals surface area contributed by atoms with Gasteiger partial charge in [0.15, 0.2) is 0 Å². The molecule has 2 atom stereocenters. The molecule has 0 amide bonds. The Kier molecular flexibility index (Phi) is 4.81. The van der Waals surface area contributed by atoms with E-state index in [4.69, 9.17) is 11.6 Å². The predicted molar refractivity (Wildman–Crippen MR) is 72.4 cm³/mol. The van der Waals surface area contributed by atoms with Crippen molar-refractivity contribution in [3.63, 3.8) is 0 Å². The Morgan fingerprint density at radius 2 is 2.35 bits per heavy atom. The second-order valence-electron chi connectivity index (χ2n) is 4.96. The van der Waals surface area contributed by atoms with Gasteiger partial charge in [-0.3, -0.25) is 4.98 Å². The normalized spacial score (nSPS) is 24.8. The van der Waals surface area contributed by atoms with Gasteiger partial charge in [0.2, 0.25) is 0 Å². The first-order valence-corrected chi connectivity index (χ1v) is 6.99. The van der Waals surface area contributed by atoms with Gasteiger partial charge >= 0.3 is 0 Å². The van der Waals surface area contributed by atoms with E-state index in [-0.39, 0.29) is 0 Å². The summed E-state index contributed by atoms with van der Waals surface area (Å²) in [6.07, 6.45) is 9.98. The Bertz CT molecular complexity index is 352. The fourth-order valence-corrected chi connectivity index (χ4v) is 3.03. The van der Waals surface area contributed by atoms with Gasteiger partial charge in [0.05, 0.1) is 5.02 Å². The van der Waals surface area contributed by atoms with Crippen LogP contribution in [0.4, 0.5) is 0 Å². The third-order valence-corrected chi connectivity index (χ3v) is 3.98. The number of aromatic nitrogens is 1. The van der Waals surface area contributed by atoms with Gasteiger partial charge in [0.1, 0.15) is 0 Å². The zero-order valence-corrected chi connectivity index (χ0v) is 11.2. The van der Waals surface area contributed by atoms with Crippen LogP contribution in [0.1, 0.15) is 38.2 Å². The minimum atomic E-state index is 0.708. The van der Waals surface area contributed by atoms with Crippen LogP contribution >= 0.6 is 11.6 Å². The quantitative estimate of drug-likeness (QED) is 0.888. The van der Waals surface area contributed by atoms with Crippen molar-refractivity contribution < 1.29 is 0 Å². The lowest BCUT2D eigenvalue weighted by Gasteiger charge is -2.29. The van der Waals surface area contributed by atoms with Crippen LogP contribution in [0.3, 0.4) is 0 Å². The molecular formula is C14H21ClN2. The predicted octanol–water partition coefficient (Wildman–Crippen LogP) is 3.45. The van der Waals surface area contributed by atoms with E-state index in [0.29, 0.717) is 6.04 Å².